The average molecular weight is 175 g/mol. The molecule has 2 nitrogen and oxygen atoms in total. The van der Waals surface area contributed by atoms with Crippen LogP contribution in [0.25, 0.3) is 0 Å². The van der Waals surface area contributed by atoms with Gasteiger partial charge >= 0.3 is 0 Å². The van der Waals surface area contributed by atoms with Gasteiger partial charge < -0.3 is 5.73 Å². The third-order valence-electron chi connectivity index (χ3n) is 1.95. The van der Waals surface area contributed by atoms with Crippen LogP contribution in [0.3, 0.4) is 0 Å². The summed E-state index contributed by atoms with van der Waals surface area (Å²) in [5, 5.41) is 0. The molecular weight excluding hydrogens is 162 g/mol. The summed E-state index contributed by atoms with van der Waals surface area (Å²) in [6.07, 6.45) is 2.31. The first-order valence-corrected chi connectivity index (χ1v) is 4.21. The predicted molar refractivity (Wildman–Crippen MR) is 53.2 cm³/mol. The molecular formula is C11H13NO. The van der Waals surface area contributed by atoms with Crippen molar-refractivity contribution in [2.45, 2.75) is 12.3 Å². The van der Waals surface area contributed by atoms with Crippen LogP contribution >= 0.6 is 0 Å². The lowest BCUT2D eigenvalue weighted by Gasteiger charge is -2.10. The fraction of sp³-hybridized carbons (Fsp3) is 0.182. The molecule has 0 aliphatic carbocycles. The molecule has 0 aliphatic heterocycles. The number of allylic oxidation sites excluding steroid dienone is 1. The van der Waals surface area contributed by atoms with E-state index in [4.69, 9.17) is 5.73 Å². The molecule has 0 fully saturated rings. The third-order valence-corrected chi connectivity index (χ3v) is 1.95. The summed E-state index contributed by atoms with van der Waals surface area (Å²) in [5.74, 6) is -0.537. The molecule has 0 heterocycles. The van der Waals surface area contributed by atoms with Crippen LogP contribution in [0.4, 0.5) is 0 Å². The van der Waals surface area contributed by atoms with Crippen molar-refractivity contribution >= 4 is 5.91 Å². The molecule has 1 aromatic carbocycles. The molecule has 0 saturated heterocycles. The van der Waals surface area contributed by atoms with E-state index in [1.165, 1.54) is 0 Å². The zero-order chi connectivity index (χ0) is 9.68. The molecule has 0 saturated carbocycles. The van der Waals surface area contributed by atoms with Gasteiger partial charge in [0.2, 0.25) is 5.91 Å². The maximum absolute atomic E-state index is 11.1. The van der Waals surface area contributed by atoms with Crippen LogP contribution in [0, 0.1) is 0 Å². The van der Waals surface area contributed by atoms with Gasteiger partial charge in [-0.1, -0.05) is 36.4 Å². The van der Waals surface area contributed by atoms with Crippen LogP contribution in [0.15, 0.2) is 43.0 Å². The van der Waals surface area contributed by atoms with E-state index < -0.39 is 0 Å². The Morgan fingerprint density at radius 3 is 2.54 bits per heavy atom. The van der Waals surface area contributed by atoms with E-state index in [2.05, 4.69) is 6.58 Å². The maximum Gasteiger partial charge on any atom is 0.225 e. The standard InChI is InChI=1S/C11H13NO/c1-2-6-10(11(12)13)9-7-4-3-5-8-9/h2-5,7-8,10H,1,6H2,(H2,12,13). The van der Waals surface area contributed by atoms with Gasteiger partial charge in [-0.15, -0.1) is 6.58 Å². The second-order valence-electron chi connectivity index (χ2n) is 2.89. The van der Waals surface area contributed by atoms with E-state index in [1.807, 2.05) is 30.3 Å². The largest absolute Gasteiger partial charge is 0.369 e. The predicted octanol–water partition coefficient (Wildman–Crippen LogP) is 1.83. The normalized spacial score (nSPS) is 12.0. The Balaban J connectivity index is 2.88. The van der Waals surface area contributed by atoms with Crippen LogP contribution in [0.1, 0.15) is 17.9 Å². The van der Waals surface area contributed by atoms with Crippen molar-refractivity contribution < 1.29 is 4.79 Å². The molecule has 1 rings (SSSR count). The molecule has 0 spiro atoms. The summed E-state index contributed by atoms with van der Waals surface area (Å²) in [7, 11) is 0. The molecule has 0 radical (unpaired) electrons. The summed E-state index contributed by atoms with van der Waals surface area (Å²) in [4.78, 5) is 11.1. The van der Waals surface area contributed by atoms with Crippen molar-refractivity contribution in [3.05, 3.63) is 48.6 Å². The Morgan fingerprint density at radius 1 is 1.46 bits per heavy atom. The summed E-state index contributed by atoms with van der Waals surface area (Å²) in [5.41, 5.74) is 6.22. The second kappa shape index (κ2) is 4.45. The molecule has 2 N–H and O–H groups in total. The SMILES string of the molecule is C=CCC(C(N)=O)c1ccccc1. The van der Waals surface area contributed by atoms with Gasteiger partial charge in [0.1, 0.15) is 0 Å². The Labute approximate surface area is 78.1 Å². The maximum atomic E-state index is 11.1. The second-order valence-corrected chi connectivity index (χ2v) is 2.89. The van der Waals surface area contributed by atoms with Gasteiger partial charge in [-0.2, -0.15) is 0 Å². The summed E-state index contributed by atoms with van der Waals surface area (Å²) in [6, 6.07) is 9.51. The minimum absolute atomic E-state index is 0.237. The Hall–Kier alpha value is -1.57. The Kier molecular flexibility index (Phi) is 3.26. The van der Waals surface area contributed by atoms with Crippen molar-refractivity contribution in [2.24, 2.45) is 5.73 Å². The van der Waals surface area contributed by atoms with Gasteiger partial charge in [-0.3, -0.25) is 4.79 Å². The highest BCUT2D eigenvalue weighted by molar-refractivity contribution is 5.82. The Morgan fingerprint density at radius 2 is 2.08 bits per heavy atom. The lowest BCUT2D eigenvalue weighted by atomic mass is 9.95. The number of nitrogens with two attached hydrogens (primary N) is 1. The van der Waals surface area contributed by atoms with E-state index >= 15 is 0 Å². The van der Waals surface area contributed by atoms with E-state index in [0.29, 0.717) is 6.42 Å². The molecule has 1 atom stereocenters. The first kappa shape index (κ1) is 9.52. The first-order valence-electron chi connectivity index (χ1n) is 4.21. The fourth-order valence-electron chi connectivity index (χ4n) is 1.27. The van der Waals surface area contributed by atoms with Crippen molar-refractivity contribution in [3.8, 4) is 0 Å². The lowest BCUT2D eigenvalue weighted by Crippen LogP contribution is -2.20. The van der Waals surface area contributed by atoms with Crippen LogP contribution < -0.4 is 5.73 Å². The zero-order valence-corrected chi connectivity index (χ0v) is 7.44. The van der Waals surface area contributed by atoms with E-state index in [0.717, 1.165) is 5.56 Å². The number of hydrogen-bond acceptors (Lipinski definition) is 1. The number of amides is 1. The Bertz CT molecular complexity index is 292. The molecule has 1 aromatic rings. The summed E-state index contributed by atoms with van der Waals surface area (Å²) >= 11 is 0. The van der Waals surface area contributed by atoms with Crippen molar-refractivity contribution in [3.63, 3.8) is 0 Å². The molecule has 0 aliphatic rings. The van der Waals surface area contributed by atoms with E-state index in [9.17, 15) is 4.79 Å². The van der Waals surface area contributed by atoms with E-state index in [1.54, 1.807) is 6.08 Å². The summed E-state index contributed by atoms with van der Waals surface area (Å²) < 4.78 is 0. The first-order chi connectivity index (χ1) is 6.25. The lowest BCUT2D eigenvalue weighted by molar-refractivity contribution is -0.119. The monoisotopic (exact) mass is 175 g/mol. The fourth-order valence-corrected chi connectivity index (χ4v) is 1.27. The van der Waals surface area contributed by atoms with Crippen LogP contribution in [0.2, 0.25) is 0 Å². The molecule has 68 valence electrons. The molecule has 13 heavy (non-hydrogen) atoms. The number of carbonyl (C=O) groups is 1. The average Bonchev–Trinajstić information content (AvgIpc) is 2.15. The highest BCUT2D eigenvalue weighted by Gasteiger charge is 2.14. The van der Waals surface area contributed by atoms with Crippen molar-refractivity contribution in [1.82, 2.24) is 0 Å². The van der Waals surface area contributed by atoms with Gasteiger partial charge in [-0.25, -0.2) is 0 Å². The highest BCUT2D eigenvalue weighted by Crippen LogP contribution is 2.18. The topological polar surface area (TPSA) is 43.1 Å². The minimum atomic E-state index is -0.300. The van der Waals surface area contributed by atoms with Gasteiger partial charge in [0.25, 0.3) is 0 Å². The molecule has 2 heteroatoms. The van der Waals surface area contributed by atoms with Crippen LogP contribution in [-0.4, -0.2) is 5.91 Å². The van der Waals surface area contributed by atoms with Crippen LogP contribution in [0.5, 0.6) is 0 Å². The quantitative estimate of drug-likeness (QED) is 0.697. The van der Waals surface area contributed by atoms with Crippen LogP contribution in [-0.2, 0) is 4.79 Å². The van der Waals surface area contributed by atoms with Gasteiger partial charge in [0, 0.05) is 0 Å². The number of benzene rings is 1. The van der Waals surface area contributed by atoms with Crippen molar-refractivity contribution in [1.29, 1.82) is 0 Å². The van der Waals surface area contributed by atoms with Gasteiger partial charge in [0.15, 0.2) is 0 Å². The molecule has 1 amide bonds. The number of hydrogen-bond donors (Lipinski definition) is 1. The smallest absolute Gasteiger partial charge is 0.225 e. The van der Waals surface area contributed by atoms with Gasteiger partial charge in [0.05, 0.1) is 5.92 Å². The highest BCUT2D eigenvalue weighted by atomic mass is 16.1. The molecule has 0 aromatic heterocycles. The summed E-state index contributed by atoms with van der Waals surface area (Å²) in [6.45, 7) is 3.60. The molecule has 0 bridgehead atoms. The number of rotatable bonds is 4. The molecule has 1 unspecified atom stereocenters. The van der Waals surface area contributed by atoms with E-state index in [-0.39, 0.29) is 11.8 Å². The number of primary amides is 1. The third kappa shape index (κ3) is 2.44. The van der Waals surface area contributed by atoms with Crippen molar-refractivity contribution in [2.75, 3.05) is 0 Å². The number of carbonyl (C=O) groups excluding carboxylic acids is 1. The zero-order valence-electron chi connectivity index (χ0n) is 7.44. The van der Waals surface area contributed by atoms with Gasteiger partial charge in [-0.05, 0) is 12.0 Å². The minimum Gasteiger partial charge on any atom is -0.369 e.